The van der Waals surface area contributed by atoms with Gasteiger partial charge in [-0.15, -0.1) is 0 Å². The lowest BCUT2D eigenvalue weighted by molar-refractivity contribution is 0.0940. The molecule has 1 aromatic rings. The predicted octanol–water partition coefficient (Wildman–Crippen LogP) is 2.17. The van der Waals surface area contributed by atoms with Crippen LogP contribution in [0, 0.1) is 0 Å². The van der Waals surface area contributed by atoms with E-state index in [-0.39, 0.29) is 11.8 Å². The number of carbonyl (C=O) groups is 1. The second-order valence-corrected chi connectivity index (χ2v) is 5.62. The van der Waals surface area contributed by atoms with E-state index in [1.54, 1.807) is 18.2 Å². The summed E-state index contributed by atoms with van der Waals surface area (Å²) in [6, 6.07) is 5.09. The second kappa shape index (κ2) is 9.43. The number of nitrogens with two attached hydrogens (primary N) is 1. The molecule has 124 valence electrons. The summed E-state index contributed by atoms with van der Waals surface area (Å²) < 4.78 is 5.40. The summed E-state index contributed by atoms with van der Waals surface area (Å²) in [7, 11) is 4.09. The van der Waals surface area contributed by atoms with E-state index in [1.807, 2.05) is 27.9 Å². The van der Waals surface area contributed by atoms with E-state index < -0.39 is 0 Å². The van der Waals surface area contributed by atoms with Crippen molar-refractivity contribution < 1.29 is 9.53 Å². The van der Waals surface area contributed by atoms with Crippen molar-refractivity contribution in [2.24, 2.45) is 0 Å². The third-order valence-electron chi connectivity index (χ3n) is 3.49. The fourth-order valence-corrected chi connectivity index (χ4v) is 2.28. The number of ketones is 1. The van der Waals surface area contributed by atoms with Crippen LogP contribution >= 0.6 is 0 Å². The average molecular weight is 307 g/mol. The van der Waals surface area contributed by atoms with E-state index in [0.29, 0.717) is 23.6 Å². The predicted molar refractivity (Wildman–Crippen MR) is 91.6 cm³/mol. The smallest absolute Gasteiger partial charge is 0.179 e. The molecule has 0 aliphatic rings. The summed E-state index contributed by atoms with van der Waals surface area (Å²) >= 11 is 0. The van der Waals surface area contributed by atoms with Crippen LogP contribution in [-0.4, -0.2) is 50.5 Å². The highest BCUT2D eigenvalue weighted by molar-refractivity contribution is 6.01. The standard InChI is InChI=1S/C17H29N3O2/c1-5-15(19-10-7-11-20(3)4)17(21)13-8-9-16(22-6-2)14(18)12-13/h8-9,12,15,19H,5-7,10-11,18H2,1-4H3. The number of hydrogen-bond donors (Lipinski definition) is 2. The Bertz CT molecular complexity index is 475. The molecule has 0 amide bonds. The minimum absolute atomic E-state index is 0.0853. The molecule has 0 saturated carbocycles. The van der Waals surface area contributed by atoms with Crippen molar-refractivity contribution in [3.63, 3.8) is 0 Å². The molecule has 1 rings (SSSR count). The molecular weight excluding hydrogens is 278 g/mol. The van der Waals surface area contributed by atoms with Crippen LogP contribution in [0.15, 0.2) is 18.2 Å². The van der Waals surface area contributed by atoms with Crippen molar-refractivity contribution >= 4 is 11.5 Å². The number of rotatable bonds is 10. The lowest BCUT2D eigenvalue weighted by Crippen LogP contribution is -2.37. The minimum Gasteiger partial charge on any atom is -0.492 e. The monoisotopic (exact) mass is 307 g/mol. The molecular formula is C17H29N3O2. The zero-order valence-corrected chi connectivity index (χ0v) is 14.2. The molecule has 0 saturated heterocycles. The Kier molecular flexibility index (Phi) is 7.91. The van der Waals surface area contributed by atoms with Gasteiger partial charge in [-0.25, -0.2) is 0 Å². The van der Waals surface area contributed by atoms with Gasteiger partial charge in [0.25, 0.3) is 0 Å². The third kappa shape index (κ3) is 5.66. The van der Waals surface area contributed by atoms with Crippen LogP contribution in [-0.2, 0) is 0 Å². The molecule has 5 heteroatoms. The molecule has 5 nitrogen and oxygen atoms in total. The molecule has 0 heterocycles. The van der Waals surface area contributed by atoms with Crippen molar-refractivity contribution in [2.75, 3.05) is 39.5 Å². The Balaban J connectivity index is 2.65. The number of nitrogens with zero attached hydrogens (tertiary/aromatic N) is 1. The Morgan fingerprint density at radius 1 is 1.36 bits per heavy atom. The number of carbonyl (C=O) groups excluding carboxylic acids is 1. The Hall–Kier alpha value is -1.59. The van der Waals surface area contributed by atoms with Crippen LogP contribution in [0.1, 0.15) is 37.0 Å². The van der Waals surface area contributed by atoms with Crippen LogP contribution in [0.2, 0.25) is 0 Å². The molecule has 3 N–H and O–H groups in total. The number of anilines is 1. The lowest BCUT2D eigenvalue weighted by Gasteiger charge is -2.17. The van der Waals surface area contributed by atoms with E-state index in [2.05, 4.69) is 10.2 Å². The third-order valence-corrected chi connectivity index (χ3v) is 3.49. The van der Waals surface area contributed by atoms with Crippen molar-refractivity contribution in [3.05, 3.63) is 23.8 Å². The highest BCUT2D eigenvalue weighted by Crippen LogP contribution is 2.23. The number of nitrogen functional groups attached to an aromatic ring is 1. The summed E-state index contributed by atoms with van der Waals surface area (Å²) in [4.78, 5) is 14.7. The van der Waals surface area contributed by atoms with Gasteiger partial charge in [0.05, 0.1) is 18.3 Å². The van der Waals surface area contributed by atoms with Gasteiger partial charge in [0.15, 0.2) is 5.78 Å². The number of benzene rings is 1. The highest BCUT2D eigenvalue weighted by atomic mass is 16.5. The summed E-state index contributed by atoms with van der Waals surface area (Å²) in [5.41, 5.74) is 7.08. The Labute approximate surface area is 133 Å². The maximum atomic E-state index is 12.6. The topological polar surface area (TPSA) is 67.6 Å². The SMILES string of the molecule is CCOc1ccc(C(=O)C(CC)NCCCN(C)C)cc1N. The van der Waals surface area contributed by atoms with E-state index in [9.17, 15) is 4.79 Å². The first kappa shape index (κ1) is 18.5. The molecule has 22 heavy (non-hydrogen) atoms. The van der Waals surface area contributed by atoms with Crippen molar-refractivity contribution in [3.8, 4) is 5.75 Å². The highest BCUT2D eigenvalue weighted by Gasteiger charge is 2.18. The van der Waals surface area contributed by atoms with Gasteiger partial charge >= 0.3 is 0 Å². The molecule has 1 atom stereocenters. The zero-order valence-electron chi connectivity index (χ0n) is 14.2. The number of Topliss-reactive ketones (excluding diaryl/α,β-unsaturated/α-hetero) is 1. The number of hydrogen-bond acceptors (Lipinski definition) is 5. The van der Waals surface area contributed by atoms with Gasteiger partial charge in [-0.3, -0.25) is 4.79 Å². The first-order chi connectivity index (χ1) is 10.5. The molecule has 0 bridgehead atoms. The summed E-state index contributed by atoms with van der Waals surface area (Å²) in [6.45, 7) is 6.31. The fraction of sp³-hybridized carbons (Fsp3) is 0.588. The molecule has 0 radical (unpaired) electrons. The fourth-order valence-electron chi connectivity index (χ4n) is 2.28. The maximum absolute atomic E-state index is 12.6. The van der Waals surface area contributed by atoms with Crippen molar-refractivity contribution in [2.45, 2.75) is 32.7 Å². The number of nitrogens with one attached hydrogen (secondary N) is 1. The summed E-state index contributed by atoms with van der Waals surface area (Å²) in [5.74, 6) is 0.716. The van der Waals surface area contributed by atoms with Crippen LogP contribution in [0.5, 0.6) is 5.75 Å². The van der Waals surface area contributed by atoms with Crippen LogP contribution in [0.3, 0.4) is 0 Å². The van der Waals surface area contributed by atoms with Gasteiger partial charge in [-0.2, -0.15) is 0 Å². The van der Waals surface area contributed by atoms with Gasteiger partial charge in [-0.05, 0) is 65.1 Å². The second-order valence-electron chi connectivity index (χ2n) is 5.62. The lowest BCUT2D eigenvalue weighted by atomic mass is 10.0. The molecule has 0 aromatic heterocycles. The number of ether oxygens (including phenoxy) is 1. The van der Waals surface area contributed by atoms with E-state index in [4.69, 9.17) is 10.5 Å². The summed E-state index contributed by atoms with van der Waals surface area (Å²) in [5, 5.41) is 3.33. The molecule has 0 spiro atoms. The first-order valence-corrected chi connectivity index (χ1v) is 7.94. The largest absolute Gasteiger partial charge is 0.492 e. The average Bonchev–Trinajstić information content (AvgIpc) is 2.48. The molecule has 1 aromatic carbocycles. The van der Waals surface area contributed by atoms with Gasteiger partial charge in [-0.1, -0.05) is 6.92 Å². The van der Waals surface area contributed by atoms with Crippen LogP contribution < -0.4 is 15.8 Å². The molecule has 0 fully saturated rings. The Morgan fingerprint density at radius 3 is 2.64 bits per heavy atom. The van der Waals surface area contributed by atoms with Crippen molar-refractivity contribution in [1.82, 2.24) is 10.2 Å². The molecule has 0 aliphatic carbocycles. The van der Waals surface area contributed by atoms with Gasteiger partial charge < -0.3 is 20.7 Å². The summed E-state index contributed by atoms with van der Waals surface area (Å²) in [6.07, 6.45) is 1.77. The van der Waals surface area contributed by atoms with E-state index in [0.717, 1.165) is 25.9 Å². The van der Waals surface area contributed by atoms with Crippen LogP contribution in [0.4, 0.5) is 5.69 Å². The van der Waals surface area contributed by atoms with Crippen LogP contribution in [0.25, 0.3) is 0 Å². The maximum Gasteiger partial charge on any atom is 0.179 e. The minimum atomic E-state index is -0.167. The van der Waals surface area contributed by atoms with Gasteiger partial charge in [0.2, 0.25) is 0 Å². The Morgan fingerprint density at radius 2 is 2.09 bits per heavy atom. The van der Waals surface area contributed by atoms with Gasteiger partial charge in [0, 0.05) is 5.56 Å². The van der Waals surface area contributed by atoms with Crippen molar-refractivity contribution in [1.29, 1.82) is 0 Å². The van der Waals surface area contributed by atoms with Gasteiger partial charge in [0.1, 0.15) is 5.75 Å². The molecule has 0 aliphatic heterocycles. The van der Waals surface area contributed by atoms with E-state index in [1.165, 1.54) is 0 Å². The first-order valence-electron chi connectivity index (χ1n) is 7.94. The molecule has 1 unspecified atom stereocenters. The van der Waals surface area contributed by atoms with E-state index >= 15 is 0 Å². The quantitative estimate of drug-likeness (QED) is 0.394. The normalized spacial score (nSPS) is 12.4. The zero-order chi connectivity index (χ0) is 16.5.